The average Bonchev–Trinajstić information content (AvgIpc) is 2.35. The Bertz CT molecular complexity index is 369. The minimum absolute atomic E-state index is 0.126. The fourth-order valence-electron chi connectivity index (χ4n) is 1.92. The van der Waals surface area contributed by atoms with Gasteiger partial charge in [0.2, 0.25) is 0 Å². The SMILES string of the molecule is CCN(CCCN(C)C)c1ccc(CBr)cc1F. The summed E-state index contributed by atoms with van der Waals surface area (Å²) in [6, 6.07) is 5.46. The first-order valence-electron chi connectivity index (χ1n) is 6.32. The van der Waals surface area contributed by atoms with E-state index < -0.39 is 0 Å². The molecule has 0 unspecified atom stereocenters. The van der Waals surface area contributed by atoms with Gasteiger partial charge >= 0.3 is 0 Å². The van der Waals surface area contributed by atoms with E-state index in [0.29, 0.717) is 11.0 Å². The molecule has 0 atom stereocenters. The molecular formula is C14H22BrFN2. The maximum atomic E-state index is 14.0. The number of alkyl halides is 1. The third-order valence-corrected chi connectivity index (χ3v) is 3.57. The first-order chi connectivity index (χ1) is 8.58. The van der Waals surface area contributed by atoms with E-state index in [-0.39, 0.29) is 5.82 Å². The van der Waals surface area contributed by atoms with Crippen LogP contribution in [0.2, 0.25) is 0 Å². The number of hydrogen-bond acceptors (Lipinski definition) is 2. The summed E-state index contributed by atoms with van der Waals surface area (Å²) < 4.78 is 14.0. The van der Waals surface area contributed by atoms with E-state index in [0.717, 1.165) is 31.6 Å². The van der Waals surface area contributed by atoms with E-state index >= 15 is 0 Å². The summed E-state index contributed by atoms with van der Waals surface area (Å²) >= 11 is 3.34. The zero-order chi connectivity index (χ0) is 13.5. The van der Waals surface area contributed by atoms with Gasteiger partial charge in [-0.3, -0.25) is 0 Å². The van der Waals surface area contributed by atoms with Crippen molar-refractivity contribution in [3.05, 3.63) is 29.6 Å². The van der Waals surface area contributed by atoms with E-state index in [2.05, 4.69) is 46.7 Å². The van der Waals surface area contributed by atoms with Gasteiger partial charge in [0.25, 0.3) is 0 Å². The number of nitrogens with zero attached hydrogens (tertiary/aromatic N) is 2. The topological polar surface area (TPSA) is 6.48 Å². The quantitative estimate of drug-likeness (QED) is 0.710. The highest BCUT2D eigenvalue weighted by Crippen LogP contribution is 2.21. The molecule has 0 N–H and O–H groups in total. The Labute approximate surface area is 118 Å². The summed E-state index contributed by atoms with van der Waals surface area (Å²) in [4.78, 5) is 4.25. The summed E-state index contributed by atoms with van der Waals surface area (Å²) in [5, 5.41) is 0.691. The predicted molar refractivity (Wildman–Crippen MR) is 80.1 cm³/mol. The molecule has 1 aromatic carbocycles. The fraction of sp³-hybridized carbons (Fsp3) is 0.571. The lowest BCUT2D eigenvalue weighted by Gasteiger charge is -2.24. The molecular weight excluding hydrogens is 295 g/mol. The van der Waals surface area contributed by atoms with Crippen LogP contribution >= 0.6 is 15.9 Å². The van der Waals surface area contributed by atoms with Gasteiger partial charge in [-0.25, -0.2) is 4.39 Å². The summed E-state index contributed by atoms with van der Waals surface area (Å²) in [6.07, 6.45) is 1.04. The largest absolute Gasteiger partial charge is 0.369 e. The number of rotatable bonds is 7. The average molecular weight is 317 g/mol. The molecule has 18 heavy (non-hydrogen) atoms. The molecule has 0 aliphatic carbocycles. The maximum absolute atomic E-state index is 14.0. The van der Waals surface area contributed by atoms with Crippen molar-refractivity contribution in [1.29, 1.82) is 0 Å². The maximum Gasteiger partial charge on any atom is 0.146 e. The second kappa shape index (κ2) is 7.74. The Kier molecular flexibility index (Phi) is 6.65. The Morgan fingerprint density at radius 1 is 1.22 bits per heavy atom. The van der Waals surface area contributed by atoms with Gasteiger partial charge in [-0.1, -0.05) is 22.0 Å². The van der Waals surface area contributed by atoms with Crippen LogP contribution in [0.4, 0.5) is 10.1 Å². The van der Waals surface area contributed by atoms with Crippen molar-refractivity contribution in [3.8, 4) is 0 Å². The molecule has 0 radical (unpaired) electrons. The van der Waals surface area contributed by atoms with Gasteiger partial charge in [0.1, 0.15) is 5.82 Å². The van der Waals surface area contributed by atoms with E-state index in [9.17, 15) is 4.39 Å². The van der Waals surface area contributed by atoms with Gasteiger partial charge in [-0.05, 0) is 51.7 Å². The minimum atomic E-state index is -0.126. The smallest absolute Gasteiger partial charge is 0.146 e. The zero-order valence-corrected chi connectivity index (χ0v) is 13.0. The van der Waals surface area contributed by atoms with Gasteiger partial charge in [0.05, 0.1) is 5.69 Å². The molecule has 1 rings (SSSR count). The van der Waals surface area contributed by atoms with Crippen LogP contribution in [-0.2, 0) is 5.33 Å². The first-order valence-corrected chi connectivity index (χ1v) is 7.44. The van der Waals surface area contributed by atoms with Gasteiger partial charge in [-0.2, -0.15) is 0 Å². The molecule has 4 heteroatoms. The number of hydrogen-bond donors (Lipinski definition) is 0. The zero-order valence-electron chi connectivity index (χ0n) is 11.4. The molecule has 0 saturated heterocycles. The standard InChI is InChI=1S/C14H22BrFN2/c1-4-18(9-5-8-17(2)3)14-7-6-12(11-15)10-13(14)16/h6-7,10H,4-5,8-9,11H2,1-3H3. The Morgan fingerprint density at radius 3 is 2.44 bits per heavy atom. The number of halogens is 2. The van der Waals surface area contributed by atoms with Gasteiger partial charge < -0.3 is 9.80 Å². The van der Waals surface area contributed by atoms with Crippen LogP contribution in [-0.4, -0.2) is 38.6 Å². The van der Waals surface area contributed by atoms with E-state index in [1.807, 2.05) is 12.1 Å². The van der Waals surface area contributed by atoms with Crippen LogP contribution in [0.15, 0.2) is 18.2 Å². The van der Waals surface area contributed by atoms with Crippen molar-refractivity contribution >= 4 is 21.6 Å². The molecule has 1 aromatic rings. The highest BCUT2D eigenvalue weighted by molar-refractivity contribution is 9.08. The normalized spacial score (nSPS) is 11.0. The van der Waals surface area contributed by atoms with Crippen LogP contribution in [0, 0.1) is 5.82 Å². The lowest BCUT2D eigenvalue weighted by atomic mass is 10.2. The second-order valence-electron chi connectivity index (χ2n) is 4.66. The van der Waals surface area contributed by atoms with Crippen molar-refractivity contribution in [2.45, 2.75) is 18.7 Å². The molecule has 102 valence electrons. The van der Waals surface area contributed by atoms with E-state index in [1.54, 1.807) is 6.07 Å². The molecule has 0 heterocycles. The highest BCUT2D eigenvalue weighted by Gasteiger charge is 2.10. The fourth-order valence-corrected chi connectivity index (χ4v) is 2.27. The van der Waals surface area contributed by atoms with Gasteiger partial charge in [0, 0.05) is 18.4 Å². The molecule has 0 aliphatic rings. The lowest BCUT2D eigenvalue weighted by molar-refractivity contribution is 0.400. The van der Waals surface area contributed by atoms with Gasteiger partial charge in [0.15, 0.2) is 0 Å². The molecule has 0 aromatic heterocycles. The Balaban J connectivity index is 2.69. The van der Waals surface area contributed by atoms with Crippen LogP contribution in [0.3, 0.4) is 0 Å². The van der Waals surface area contributed by atoms with Crippen LogP contribution in [0.25, 0.3) is 0 Å². The molecule has 0 aliphatic heterocycles. The monoisotopic (exact) mass is 316 g/mol. The molecule has 2 nitrogen and oxygen atoms in total. The predicted octanol–water partition coefficient (Wildman–Crippen LogP) is 3.50. The molecule has 0 amide bonds. The van der Waals surface area contributed by atoms with E-state index in [1.165, 1.54) is 0 Å². The van der Waals surface area contributed by atoms with Gasteiger partial charge in [-0.15, -0.1) is 0 Å². The molecule has 0 bridgehead atoms. The summed E-state index contributed by atoms with van der Waals surface area (Å²) in [7, 11) is 4.11. The van der Waals surface area contributed by atoms with Crippen molar-refractivity contribution in [1.82, 2.24) is 4.90 Å². The van der Waals surface area contributed by atoms with Crippen molar-refractivity contribution in [2.75, 3.05) is 38.6 Å². The van der Waals surface area contributed by atoms with Crippen LogP contribution in [0.1, 0.15) is 18.9 Å². The van der Waals surface area contributed by atoms with Crippen molar-refractivity contribution in [3.63, 3.8) is 0 Å². The minimum Gasteiger partial charge on any atom is -0.369 e. The van der Waals surface area contributed by atoms with E-state index in [4.69, 9.17) is 0 Å². The van der Waals surface area contributed by atoms with Crippen LogP contribution < -0.4 is 4.90 Å². The summed E-state index contributed by atoms with van der Waals surface area (Å²) in [5.41, 5.74) is 1.68. The first kappa shape index (κ1) is 15.4. The second-order valence-corrected chi connectivity index (χ2v) is 5.22. The molecule has 0 spiro atoms. The third kappa shape index (κ3) is 4.58. The summed E-state index contributed by atoms with van der Waals surface area (Å²) in [5.74, 6) is -0.126. The van der Waals surface area contributed by atoms with Crippen molar-refractivity contribution in [2.24, 2.45) is 0 Å². The molecule has 0 fully saturated rings. The van der Waals surface area contributed by atoms with Crippen LogP contribution in [0.5, 0.6) is 0 Å². The summed E-state index contributed by atoms with van der Waals surface area (Å²) in [6.45, 7) is 4.81. The molecule has 0 saturated carbocycles. The lowest BCUT2D eigenvalue weighted by Crippen LogP contribution is -2.27. The Hall–Kier alpha value is -0.610. The highest BCUT2D eigenvalue weighted by atomic mass is 79.9. The van der Waals surface area contributed by atoms with Crippen molar-refractivity contribution < 1.29 is 4.39 Å². The number of benzene rings is 1. The third-order valence-electron chi connectivity index (χ3n) is 2.92. The Morgan fingerprint density at radius 2 is 1.94 bits per heavy atom. The number of anilines is 1.